The van der Waals surface area contributed by atoms with Gasteiger partial charge in [-0.2, -0.15) is 0 Å². The molecule has 36 heavy (non-hydrogen) atoms. The van der Waals surface area contributed by atoms with E-state index in [-0.39, 0.29) is 10.6 Å². The number of carbonyl (C=O) groups is 3. The molecule has 1 saturated heterocycles. The Morgan fingerprint density at radius 1 is 1.03 bits per heavy atom. The SMILES string of the molecule is Cc1ccc(Cn2cc(/C=C3/SC(=O)N(CC(=O)Nc4cccc(F)c4)C3=O)c3ccccc32)cc1. The first-order valence-electron chi connectivity index (χ1n) is 11.3. The van der Waals surface area contributed by atoms with Crippen molar-refractivity contribution in [3.05, 3.63) is 106 Å². The third-order valence-electron chi connectivity index (χ3n) is 5.86. The van der Waals surface area contributed by atoms with Gasteiger partial charge in [0.25, 0.3) is 11.1 Å². The topological polar surface area (TPSA) is 71.4 Å². The van der Waals surface area contributed by atoms with Crippen molar-refractivity contribution >= 4 is 51.5 Å². The Labute approximate surface area is 211 Å². The standard InChI is InChI=1S/C28H22FN3O3S/c1-18-9-11-19(12-10-18)15-31-16-20(23-7-2-3-8-24(23)31)13-25-27(34)32(28(35)36-25)17-26(33)30-22-6-4-5-21(29)14-22/h2-14,16H,15,17H2,1H3,(H,30,33)/b25-13+. The zero-order valence-electron chi connectivity index (χ0n) is 19.4. The number of aryl methyl sites for hydroxylation is 1. The van der Waals surface area contributed by atoms with Crippen LogP contribution in [0.1, 0.15) is 16.7 Å². The highest BCUT2D eigenvalue weighted by Crippen LogP contribution is 2.34. The Morgan fingerprint density at radius 2 is 1.81 bits per heavy atom. The predicted octanol–water partition coefficient (Wildman–Crippen LogP) is 5.81. The smallest absolute Gasteiger partial charge is 0.294 e. The van der Waals surface area contributed by atoms with Crippen LogP contribution < -0.4 is 5.32 Å². The van der Waals surface area contributed by atoms with Crippen molar-refractivity contribution in [3.8, 4) is 0 Å². The molecule has 5 rings (SSSR count). The van der Waals surface area contributed by atoms with Crippen molar-refractivity contribution in [1.29, 1.82) is 0 Å². The van der Waals surface area contributed by atoms with Gasteiger partial charge in [-0.25, -0.2) is 4.39 Å². The molecule has 0 unspecified atom stereocenters. The highest BCUT2D eigenvalue weighted by atomic mass is 32.2. The fourth-order valence-corrected chi connectivity index (χ4v) is 4.93. The van der Waals surface area contributed by atoms with Crippen molar-refractivity contribution in [3.63, 3.8) is 0 Å². The molecule has 180 valence electrons. The second kappa shape index (κ2) is 9.83. The summed E-state index contributed by atoms with van der Waals surface area (Å²) in [5.74, 6) is -1.61. The number of amides is 3. The predicted molar refractivity (Wildman–Crippen MR) is 140 cm³/mol. The first kappa shape index (κ1) is 23.6. The van der Waals surface area contributed by atoms with Gasteiger partial charge in [0.1, 0.15) is 12.4 Å². The van der Waals surface area contributed by atoms with E-state index in [0.717, 1.165) is 44.8 Å². The maximum atomic E-state index is 13.4. The largest absolute Gasteiger partial charge is 0.342 e. The molecule has 1 fully saturated rings. The zero-order chi connectivity index (χ0) is 25.2. The number of benzene rings is 3. The summed E-state index contributed by atoms with van der Waals surface area (Å²) >= 11 is 0.800. The maximum absolute atomic E-state index is 13.4. The molecule has 0 aliphatic carbocycles. The summed E-state index contributed by atoms with van der Waals surface area (Å²) in [6.45, 7) is 2.26. The Kier molecular flexibility index (Phi) is 6.43. The van der Waals surface area contributed by atoms with Crippen molar-refractivity contribution in [2.45, 2.75) is 13.5 Å². The molecule has 2 heterocycles. The van der Waals surface area contributed by atoms with E-state index >= 15 is 0 Å². The van der Waals surface area contributed by atoms with Gasteiger partial charge in [0.15, 0.2) is 0 Å². The summed E-state index contributed by atoms with van der Waals surface area (Å²) in [7, 11) is 0. The van der Waals surface area contributed by atoms with E-state index in [1.54, 1.807) is 6.08 Å². The molecule has 4 aromatic rings. The lowest BCUT2D eigenvalue weighted by molar-refractivity contribution is -0.127. The maximum Gasteiger partial charge on any atom is 0.294 e. The van der Waals surface area contributed by atoms with E-state index in [1.807, 2.05) is 37.4 Å². The molecule has 0 spiro atoms. The van der Waals surface area contributed by atoms with E-state index < -0.39 is 29.4 Å². The average molecular weight is 500 g/mol. The molecule has 3 amide bonds. The van der Waals surface area contributed by atoms with Crippen molar-refractivity contribution in [1.82, 2.24) is 9.47 Å². The quantitative estimate of drug-likeness (QED) is 0.340. The number of thioether (sulfide) groups is 1. The molecular formula is C28H22FN3O3S. The molecule has 0 bridgehead atoms. The second-order valence-electron chi connectivity index (χ2n) is 8.54. The lowest BCUT2D eigenvalue weighted by Gasteiger charge is -2.12. The number of imide groups is 1. The Bertz CT molecular complexity index is 1520. The number of para-hydroxylation sites is 1. The number of rotatable bonds is 6. The van der Waals surface area contributed by atoms with Crippen LogP contribution >= 0.6 is 11.8 Å². The lowest BCUT2D eigenvalue weighted by atomic mass is 10.1. The van der Waals surface area contributed by atoms with E-state index in [4.69, 9.17) is 0 Å². The Morgan fingerprint density at radius 3 is 2.58 bits per heavy atom. The van der Waals surface area contributed by atoms with Crippen LogP contribution in [0.15, 0.2) is 83.9 Å². The van der Waals surface area contributed by atoms with Gasteiger partial charge in [0, 0.05) is 34.9 Å². The van der Waals surface area contributed by atoms with Gasteiger partial charge in [-0.3, -0.25) is 19.3 Å². The highest BCUT2D eigenvalue weighted by molar-refractivity contribution is 8.18. The fraction of sp³-hybridized carbons (Fsp3) is 0.107. The molecule has 0 saturated carbocycles. The molecule has 3 aromatic carbocycles. The first-order chi connectivity index (χ1) is 17.4. The number of nitrogens with zero attached hydrogens (tertiary/aromatic N) is 2. The van der Waals surface area contributed by atoms with E-state index in [9.17, 15) is 18.8 Å². The van der Waals surface area contributed by atoms with Crippen LogP contribution in [0.25, 0.3) is 17.0 Å². The van der Waals surface area contributed by atoms with E-state index in [1.165, 1.54) is 23.8 Å². The zero-order valence-corrected chi connectivity index (χ0v) is 20.2. The molecule has 1 aliphatic rings. The minimum absolute atomic E-state index is 0.247. The average Bonchev–Trinajstić information content (AvgIpc) is 3.32. The second-order valence-corrected chi connectivity index (χ2v) is 9.53. The third-order valence-corrected chi connectivity index (χ3v) is 6.77. The van der Waals surface area contributed by atoms with Crippen molar-refractivity contribution in [2.75, 3.05) is 11.9 Å². The number of fused-ring (bicyclic) bond motifs is 1. The molecule has 1 aromatic heterocycles. The van der Waals surface area contributed by atoms with E-state index in [2.05, 4.69) is 34.1 Å². The number of aromatic nitrogens is 1. The Hall–Kier alpha value is -4.17. The van der Waals surface area contributed by atoms with Crippen LogP contribution in [-0.4, -0.2) is 33.1 Å². The number of hydrogen-bond acceptors (Lipinski definition) is 4. The van der Waals surface area contributed by atoms with Gasteiger partial charge in [0.05, 0.1) is 4.91 Å². The summed E-state index contributed by atoms with van der Waals surface area (Å²) in [5, 5.41) is 2.95. The van der Waals surface area contributed by atoms with Gasteiger partial charge < -0.3 is 9.88 Å². The first-order valence-corrected chi connectivity index (χ1v) is 12.1. The number of halogens is 1. The molecule has 6 nitrogen and oxygen atoms in total. The van der Waals surface area contributed by atoms with Crippen LogP contribution in [0.2, 0.25) is 0 Å². The number of hydrogen-bond donors (Lipinski definition) is 1. The van der Waals surface area contributed by atoms with Gasteiger partial charge in [-0.05, 0) is 54.6 Å². The minimum Gasteiger partial charge on any atom is -0.342 e. The van der Waals surface area contributed by atoms with Crippen molar-refractivity contribution < 1.29 is 18.8 Å². The normalized spacial score (nSPS) is 14.7. The highest BCUT2D eigenvalue weighted by Gasteiger charge is 2.36. The number of nitrogens with one attached hydrogen (secondary N) is 1. The summed E-state index contributed by atoms with van der Waals surface area (Å²) in [4.78, 5) is 39.1. The minimum atomic E-state index is -0.584. The van der Waals surface area contributed by atoms with Crippen molar-refractivity contribution in [2.24, 2.45) is 0 Å². The van der Waals surface area contributed by atoms with Gasteiger partial charge in [-0.1, -0.05) is 54.1 Å². The van der Waals surface area contributed by atoms with Crippen LogP contribution in [-0.2, 0) is 16.1 Å². The Balaban J connectivity index is 1.37. The molecule has 8 heteroatoms. The number of carbonyl (C=O) groups excluding carboxylic acids is 3. The van der Waals surface area contributed by atoms with Crippen LogP contribution in [0.5, 0.6) is 0 Å². The molecule has 0 atom stereocenters. The van der Waals surface area contributed by atoms with Crippen LogP contribution in [0.3, 0.4) is 0 Å². The van der Waals surface area contributed by atoms with E-state index in [0.29, 0.717) is 6.54 Å². The molecule has 1 N–H and O–H groups in total. The summed E-state index contributed by atoms with van der Waals surface area (Å²) in [6, 6.07) is 21.6. The van der Waals surface area contributed by atoms with Crippen LogP contribution in [0.4, 0.5) is 14.9 Å². The summed E-state index contributed by atoms with van der Waals surface area (Å²) in [6.07, 6.45) is 3.67. The number of anilines is 1. The summed E-state index contributed by atoms with van der Waals surface area (Å²) in [5.41, 5.74) is 4.42. The van der Waals surface area contributed by atoms with Crippen LogP contribution in [0, 0.1) is 12.7 Å². The van der Waals surface area contributed by atoms with Gasteiger partial charge in [-0.15, -0.1) is 0 Å². The lowest BCUT2D eigenvalue weighted by Crippen LogP contribution is -2.36. The third kappa shape index (κ3) is 4.94. The summed E-state index contributed by atoms with van der Waals surface area (Å²) < 4.78 is 15.5. The molecule has 1 aliphatic heterocycles. The monoisotopic (exact) mass is 499 g/mol. The fourth-order valence-electron chi connectivity index (χ4n) is 4.10. The molecular weight excluding hydrogens is 477 g/mol. The molecule has 0 radical (unpaired) electrons. The van der Waals surface area contributed by atoms with Gasteiger partial charge >= 0.3 is 0 Å². The van der Waals surface area contributed by atoms with Gasteiger partial charge in [0.2, 0.25) is 5.91 Å².